The smallest absolute Gasteiger partial charge is 0.320 e. The highest BCUT2D eigenvalue weighted by molar-refractivity contribution is 6.30. The highest BCUT2D eigenvalue weighted by Crippen LogP contribution is 2.22. The summed E-state index contributed by atoms with van der Waals surface area (Å²) in [6.07, 6.45) is -0.0172. The Morgan fingerprint density at radius 1 is 1.18 bits per heavy atom. The molecule has 14 heteroatoms. The molecule has 8 N–H and O–H groups in total. The van der Waals surface area contributed by atoms with Gasteiger partial charge >= 0.3 is 5.97 Å². The molecule has 2 heterocycles. The van der Waals surface area contributed by atoms with Crippen molar-refractivity contribution >= 4 is 34.6 Å². The van der Waals surface area contributed by atoms with Gasteiger partial charge in [0.1, 0.15) is 30.1 Å². The van der Waals surface area contributed by atoms with Crippen LogP contribution in [-0.4, -0.2) is 104 Å². The standard InChI is InChI=1S/C24H35ClN8O5/c1-38-18(20(34)23(35)33-14-31-19-21(27)29-13-30-22(19)33)12-32(10-7-17(26)24(36)37)11-9-28-8-6-15-2-4-16(25)5-3-15/h2-5,13-14,17-18,20,23,28,34-35H,6-12,26H2,1H3,(H,36,37)(H2,27,29,30)/t17?,18?,20-,23-/m1/s1. The Labute approximate surface area is 225 Å². The minimum Gasteiger partial charge on any atom is -0.480 e. The van der Waals surface area contributed by atoms with Gasteiger partial charge in [0.15, 0.2) is 17.7 Å². The lowest BCUT2D eigenvalue weighted by Gasteiger charge is -2.32. The summed E-state index contributed by atoms with van der Waals surface area (Å²) in [5.41, 5.74) is 13.3. The highest BCUT2D eigenvalue weighted by Gasteiger charge is 2.31. The number of ether oxygens (including phenoxy) is 1. The number of nitrogens with zero attached hydrogens (tertiary/aromatic N) is 5. The number of fused-ring (bicyclic) bond motifs is 1. The molecule has 0 aliphatic heterocycles. The average molecular weight is 551 g/mol. The van der Waals surface area contributed by atoms with Gasteiger partial charge in [-0.05, 0) is 37.1 Å². The molecule has 2 unspecified atom stereocenters. The Morgan fingerprint density at radius 3 is 2.61 bits per heavy atom. The number of nitrogen functional groups attached to an aromatic ring is 1. The van der Waals surface area contributed by atoms with Crippen LogP contribution < -0.4 is 16.8 Å². The third kappa shape index (κ3) is 8.04. The molecule has 0 spiro atoms. The largest absolute Gasteiger partial charge is 0.480 e. The van der Waals surface area contributed by atoms with Crippen molar-refractivity contribution in [2.45, 2.75) is 37.3 Å². The summed E-state index contributed by atoms with van der Waals surface area (Å²) in [7, 11) is 1.43. The van der Waals surface area contributed by atoms with E-state index in [0.717, 1.165) is 18.5 Å². The number of imidazole rings is 1. The lowest BCUT2D eigenvalue weighted by Crippen LogP contribution is -2.47. The summed E-state index contributed by atoms with van der Waals surface area (Å²) in [5.74, 6) is -0.929. The van der Waals surface area contributed by atoms with Gasteiger partial charge in [-0.15, -0.1) is 0 Å². The number of hydrogen-bond donors (Lipinski definition) is 6. The molecule has 208 valence electrons. The quantitative estimate of drug-likeness (QED) is 0.129. The van der Waals surface area contributed by atoms with E-state index in [9.17, 15) is 20.1 Å². The van der Waals surface area contributed by atoms with Crippen molar-refractivity contribution in [3.8, 4) is 0 Å². The molecule has 0 aliphatic rings. The van der Waals surface area contributed by atoms with Crippen LogP contribution in [-0.2, 0) is 16.0 Å². The number of aliphatic carboxylic acids is 1. The zero-order valence-electron chi connectivity index (χ0n) is 21.2. The molecule has 0 saturated carbocycles. The zero-order valence-corrected chi connectivity index (χ0v) is 21.9. The maximum Gasteiger partial charge on any atom is 0.320 e. The summed E-state index contributed by atoms with van der Waals surface area (Å²) < 4.78 is 6.82. The molecular formula is C24H35ClN8O5. The molecule has 4 atom stereocenters. The molecule has 1 aromatic carbocycles. The maximum atomic E-state index is 11.2. The first-order chi connectivity index (χ1) is 18.2. The van der Waals surface area contributed by atoms with Crippen LogP contribution in [0.25, 0.3) is 11.2 Å². The number of carboxylic acid groups (broad SMARTS) is 1. The molecule has 0 saturated heterocycles. The van der Waals surface area contributed by atoms with Crippen molar-refractivity contribution in [2.24, 2.45) is 5.73 Å². The van der Waals surface area contributed by atoms with Gasteiger partial charge in [0.05, 0.1) is 6.33 Å². The van der Waals surface area contributed by atoms with E-state index in [1.807, 2.05) is 29.2 Å². The van der Waals surface area contributed by atoms with Crippen molar-refractivity contribution in [3.63, 3.8) is 0 Å². The molecule has 3 rings (SSSR count). The van der Waals surface area contributed by atoms with E-state index in [0.29, 0.717) is 30.2 Å². The Kier molecular flexibility index (Phi) is 11.2. The number of halogens is 1. The second-order valence-corrected chi connectivity index (χ2v) is 9.36. The van der Waals surface area contributed by atoms with Crippen molar-refractivity contribution in [1.29, 1.82) is 0 Å². The summed E-state index contributed by atoms with van der Waals surface area (Å²) in [4.78, 5) is 25.3. The Morgan fingerprint density at radius 2 is 1.92 bits per heavy atom. The number of nitrogens with two attached hydrogens (primary N) is 2. The van der Waals surface area contributed by atoms with Crippen LogP contribution in [0.15, 0.2) is 36.9 Å². The van der Waals surface area contributed by atoms with E-state index in [1.54, 1.807) is 0 Å². The van der Waals surface area contributed by atoms with Crippen LogP contribution in [0, 0.1) is 0 Å². The first-order valence-electron chi connectivity index (χ1n) is 12.2. The zero-order chi connectivity index (χ0) is 27.7. The summed E-state index contributed by atoms with van der Waals surface area (Å²) in [6, 6.07) is 6.63. The normalized spacial score (nSPS) is 15.0. The molecule has 13 nitrogen and oxygen atoms in total. The van der Waals surface area contributed by atoms with E-state index in [2.05, 4.69) is 20.3 Å². The number of carboxylic acids is 1. The predicted octanol–water partition coefficient (Wildman–Crippen LogP) is -0.135. The number of aliphatic hydroxyl groups excluding tert-OH is 2. The number of benzene rings is 1. The van der Waals surface area contributed by atoms with E-state index < -0.39 is 30.4 Å². The fourth-order valence-electron chi connectivity index (χ4n) is 3.98. The van der Waals surface area contributed by atoms with Crippen LogP contribution in [0.3, 0.4) is 0 Å². The van der Waals surface area contributed by atoms with Gasteiger partial charge < -0.3 is 36.8 Å². The number of anilines is 1. The van der Waals surface area contributed by atoms with Gasteiger partial charge in [0.25, 0.3) is 0 Å². The number of aliphatic hydroxyl groups is 2. The Balaban J connectivity index is 1.61. The lowest BCUT2D eigenvalue weighted by molar-refractivity contribution is -0.138. The van der Waals surface area contributed by atoms with Crippen molar-refractivity contribution in [2.75, 3.05) is 45.6 Å². The van der Waals surface area contributed by atoms with Crippen LogP contribution in [0.1, 0.15) is 18.2 Å². The van der Waals surface area contributed by atoms with E-state index in [4.69, 9.17) is 27.8 Å². The van der Waals surface area contributed by atoms with Gasteiger partial charge in [-0.2, -0.15) is 0 Å². The first kappa shape index (κ1) is 29.6. The van der Waals surface area contributed by atoms with Crippen LogP contribution in [0.5, 0.6) is 0 Å². The van der Waals surface area contributed by atoms with Crippen LogP contribution >= 0.6 is 11.6 Å². The van der Waals surface area contributed by atoms with E-state index in [-0.39, 0.29) is 24.4 Å². The topological polar surface area (TPSA) is 198 Å². The molecule has 3 aromatic rings. The molecule has 0 bridgehead atoms. The first-order valence-corrected chi connectivity index (χ1v) is 12.6. The number of hydrogen-bond acceptors (Lipinski definition) is 11. The van der Waals surface area contributed by atoms with Crippen molar-refractivity contribution < 1.29 is 24.9 Å². The molecule has 0 amide bonds. The number of rotatable bonds is 16. The molecule has 0 fully saturated rings. The number of carbonyl (C=O) groups is 1. The molecular weight excluding hydrogens is 516 g/mol. The van der Waals surface area contributed by atoms with Crippen molar-refractivity contribution in [1.82, 2.24) is 29.7 Å². The second kappa shape index (κ2) is 14.3. The third-order valence-electron chi connectivity index (χ3n) is 6.28. The monoisotopic (exact) mass is 550 g/mol. The third-order valence-corrected chi connectivity index (χ3v) is 6.53. The van der Waals surface area contributed by atoms with Gasteiger partial charge in [0.2, 0.25) is 0 Å². The van der Waals surface area contributed by atoms with Crippen LogP contribution in [0.2, 0.25) is 5.02 Å². The van der Waals surface area contributed by atoms with Gasteiger partial charge in [-0.3, -0.25) is 14.3 Å². The molecule has 2 aromatic heterocycles. The van der Waals surface area contributed by atoms with Gasteiger partial charge in [-0.25, -0.2) is 15.0 Å². The molecule has 0 radical (unpaired) electrons. The van der Waals surface area contributed by atoms with Crippen LogP contribution in [0.4, 0.5) is 5.82 Å². The SMILES string of the molecule is COC(CN(CCNCCc1ccc(Cl)cc1)CCC(N)C(=O)O)[C@@H](O)[C@@H](O)n1cnc2c(N)ncnc21. The number of nitrogens with one attached hydrogen (secondary N) is 1. The second-order valence-electron chi connectivity index (χ2n) is 8.92. The fourth-order valence-corrected chi connectivity index (χ4v) is 4.11. The molecule has 0 aliphatic carbocycles. The van der Waals surface area contributed by atoms with Gasteiger partial charge in [0, 0.05) is 38.3 Å². The Bertz CT molecular complexity index is 1160. The minimum atomic E-state index is -1.43. The van der Waals surface area contributed by atoms with Gasteiger partial charge in [-0.1, -0.05) is 23.7 Å². The minimum absolute atomic E-state index is 0.156. The number of aromatic nitrogens is 4. The molecule has 38 heavy (non-hydrogen) atoms. The predicted molar refractivity (Wildman–Crippen MR) is 142 cm³/mol. The average Bonchev–Trinajstić information content (AvgIpc) is 3.35. The summed E-state index contributed by atoms with van der Waals surface area (Å²) in [6.45, 7) is 2.44. The summed E-state index contributed by atoms with van der Waals surface area (Å²) >= 11 is 5.93. The number of methoxy groups -OCH3 is 1. The summed E-state index contributed by atoms with van der Waals surface area (Å²) in [5, 5.41) is 35.1. The van der Waals surface area contributed by atoms with Crippen molar-refractivity contribution in [3.05, 3.63) is 47.5 Å². The fraction of sp³-hybridized carbons (Fsp3) is 0.500. The maximum absolute atomic E-state index is 11.2. The van der Waals surface area contributed by atoms with E-state index >= 15 is 0 Å². The lowest BCUT2D eigenvalue weighted by atomic mass is 10.1. The Hall–Kier alpha value is -2.91. The van der Waals surface area contributed by atoms with E-state index in [1.165, 1.54) is 24.3 Å². The highest BCUT2D eigenvalue weighted by atomic mass is 35.5.